The molecule has 2 unspecified atom stereocenters. The highest BCUT2D eigenvalue weighted by molar-refractivity contribution is 7.93. The molecule has 0 saturated heterocycles. The monoisotopic (exact) mass is 516 g/mol. The maximum atomic E-state index is 14.0. The van der Waals surface area contributed by atoms with Crippen molar-refractivity contribution in [2.45, 2.75) is 24.8 Å². The second-order valence-corrected chi connectivity index (χ2v) is 10.1. The number of hydrogen-bond donors (Lipinski definition) is 0. The number of benzene rings is 2. The van der Waals surface area contributed by atoms with E-state index in [0.717, 1.165) is 23.8 Å². The quantitative estimate of drug-likeness (QED) is 0.285. The van der Waals surface area contributed by atoms with Gasteiger partial charge in [-0.3, -0.25) is 0 Å². The number of allylic oxidation sites excluding steroid dienone is 4. The third kappa shape index (κ3) is 3.61. The molecular weight excluding hydrogens is 497 g/mol. The molecule has 0 aromatic heterocycles. The van der Waals surface area contributed by atoms with Gasteiger partial charge in [0.05, 0.1) is 11.3 Å². The molecule has 0 radical (unpaired) electrons. The SMILES string of the molecule is CCc1ccc(C2=C(N=[N+]=[N-])N(c3ccccc3C(F)(F)F)S(=O)(=O)C3C=CC=CC23)c2c1OCO2. The van der Waals surface area contributed by atoms with Crippen LogP contribution in [0.1, 0.15) is 23.6 Å². The van der Waals surface area contributed by atoms with Crippen LogP contribution in [0.5, 0.6) is 11.5 Å². The molecule has 2 heterocycles. The molecule has 0 amide bonds. The van der Waals surface area contributed by atoms with Gasteiger partial charge in [0.15, 0.2) is 11.5 Å². The van der Waals surface area contributed by atoms with Crippen molar-refractivity contribution in [1.82, 2.24) is 0 Å². The minimum absolute atomic E-state index is 0.0771. The zero-order chi connectivity index (χ0) is 25.7. The first-order chi connectivity index (χ1) is 17.2. The van der Waals surface area contributed by atoms with Crippen LogP contribution in [0.2, 0.25) is 0 Å². The van der Waals surface area contributed by atoms with Gasteiger partial charge in [0.2, 0.25) is 16.8 Å². The van der Waals surface area contributed by atoms with Crippen molar-refractivity contribution in [2.24, 2.45) is 11.0 Å². The maximum Gasteiger partial charge on any atom is 0.418 e. The summed E-state index contributed by atoms with van der Waals surface area (Å²) in [5, 5.41) is 2.41. The lowest BCUT2D eigenvalue weighted by Gasteiger charge is -2.40. The molecule has 3 aliphatic rings. The number of sulfonamides is 1. The number of para-hydroxylation sites is 1. The summed E-state index contributed by atoms with van der Waals surface area (Å²) in [4.78, 5) is 2.80. The van der Waals surface area contributed by atoms with E-state index < -0.39 is 44.4 Å². The van der Waals surface area contributed by atoms with Gasteiger partial charge in [-0.2, -0.15) is 13.2 Å². The lowest BCUT2D eigenvalue weighted by molar-refractivity contribution is -0.137. The van der Waals surface area contributed by atoms with Gasteiger partial charge in [0, 0.05) is 16.4 Å². The van der Waals surface area contributed by atoms with Crippen molar-refractivity contribution < 1.29 is 31.1 Å². The largest absolute Gasteiger partial charge is 0.453 e. The van der Waals surface area contributed by atoms with Crippen molar-refractivity contribution in [3.63, 3.8) is 0 Å². The van der Waals surface area contributed by atoms with Crippen molar-refractivity contribution in [2.75, 3.05) is 11.1 Å². The van der Waals surface area contributed by atoms with Crippen LogP contribution >= 0.6 is 0 Å². The molecule has 0 N–H and O–H groups in total. The van der Waals surface area contributed by atoms with Gasteiger partial charge in [-0.05, 0) is 40.3 Å². The summed E-state index contributed by atoms with van der Waals surface area (Å²) in [6.45, 7) is 1.85. The van der Waals surface area contributed by atoms with Gasteiger partial charge < -0.3 is 9.47 Å². The summed E-state index contributed by atoms with van der Waals surface area (Å²) in [5.41, 5.74) is 9.00. The van der Waals surface area contributed by atoms with Crippen LogP contribution in [0.4, 0.5) is 18.9 Å². The van der Waals surface area contributed by atoms with E-state index in [1.807, 2.05) is 6.92 Å². The van der Waals surface area contributed by atoms with Gasteiger partial charge in [-0.15, -0.1) is 0 Å². The Morgan fingerprint density at radius 3 is 2.56 bits per heavy atom. The molecule has 12 heteroatoms. The molecule has 5 rings (SSSR count). The fourth-order valence-corrected chi connectivity index (χ4v) is 6.69. The third-order valence-electron chi connectivity index (χ3n) is 6.29. The first-order valence-electron chi connectivity index (χ1n) is 11.0. The van der Waals surface area contributed by atoms with E-state index in [-0.39, 0.29) is 12.4 Å². The molecule has 2 aromatic rings. The Morgan fingerprint density at radius 1 is 1.11 bits per heavy atom. The lowest BCUT2D eigenvalue weighted by atomic mass is 9.85. The van der Waals surface area contributed by atoms with Crippen LogP contribution in [-0.2, 0) is 22.6 Å². The molecule has 2 aromatic carbocycles. The number of halogens is 3. The molecule has 2 aliphatic heterocycles. The molecule has 0 bridgehead atoms. The predicted molar refractivity (Wildman–Crippen MR) is 126 cm³/mol. The summed E-state index contributed by atoms with van der Waals surface area (Å²) in [6, 6.07) is 7.74. The summed E-state index contributed by atoms with van der Waals surface area (Å²) < 4.78 is 81.5. The minimum Gasteiger partial charge on any atom is -0.453 e. The lowest BCUT2D eigenvalue weighted by Crippen LogP contribution is -2.46. The number of hydrogen-bond acceptors (Lipinski definition) is 5. The Kier molecular flexibility index (Phi) is 5.73. The molecule has 8 nitrogen and oxygen atoms in total. The topological polar surface area (TPSA) is 105 Å². The van der Waals surface area contributed by atoms with Gasteiger partial charge in [-0.25, -0.2) is 12.7 Å². The van der Waals surface area contributed by atoms with E-state index >= 15 is 0 Å². The Labute approximate surface area is 204 Å². The number of nitrogens with zero attached hydrogens (tertiary/aromatic N) is 4. The molecule has 1 aliphatic carbocycles. The summed E-state index contributed by atoms with van der Waals surface area (Å²) in [6.07, 6.45) is 1.95. The predicted octanol–water partition coefficient (Wildman–Crippen LogP) is 5.94. The number of azide groups is 1. The Balaban J connectivity index is 1.89. The average molecular weight is 517 g/mol. The average Bonchev–Trinajstić information content (AvgIpc) is 3.34. The van der Waals surface area contributed by atoms with E-state index in [0.29, 0.717) is 27.8 Å². The Hall–Kier alpha value is -3.89. The summed E-state index contributed by atoms with van der Waals surface area (Å²) in [7, 11) is -4.50. The van der Waals surface area contributed by atoms with Crippen molar-refractivity contribution >= 4 is 21.3 Å². The highest BCUT2D eigenvalue weighted by atomic mass is 32.2. The standard InChI is InChI=1S/C24H19F3N4O4S/c1-2-14-11-12-16(22-21(14)34-13-35-22)20-15-7-3-6-10-19(15)36(32,33)31(23(20)29-30-28)18-9-5-4-8-17(18)24(25,26)27/h3-12,15,19H,2,13H2,1H3. The normalized spacial score (nSPS) is 21.8. The van der Waals surface area contributed by atoms with E-state index in [4.69, 9.17) is 9.47 Å². The maximum absolute atomic E-state index is 14.0. The first kappa shape index (κ1) is 23.8. The van der Waals surface area contributed by atoms with Crippen LogP contribution < -0.4 is 13.8 Å². The zero-order valence-corrected chi connectivity index (χ0v) is 19.6. The highest BCUT2D eigenvalue weighted by Gasteiger charge is 2.49. The van der Waals surface area contributed by atoms with Gasteiger partial charge in [0.1, 0.15) is 11.1 Å². The fraction of sp³-hybridized carbons (Fsp3) is 0.250. The molecule has 36 heavy (non-hydrogen) atoms. The van der Waals surface area contributed by atoms with Crippen molar-refractivity contribution in [1.29, 1.82) is 0 Å². The van der Waals surface area contributed by atoms with Crippen LogP contribution in [0.25, 0.3) is 16.0 Å². The number of anilines is 1. The van der Waals surface area contributed by atoms with E-state index in [1.54, 1.807) is 24.3 Å². The second-order valence-electron chi connectivity index (χ2n) is 8.20. The molecule has 2 atom stereocenters. The number of aryl methyl sites for hydroxylation is 1. The van der Waals surface area contributed by atoms with E-state index in [2.05, 4.69) is 10.0 Å². The van der Waals surface area contributed by atoms with Crippen molar-refractivity contribution in [3.05, 3.63) is 93.7 Å². The van der Waals surface area contributed by atoms with E-state index in [9.17, 15) is 27.1 Å². The zero-order valence-electron chi connectivity index (χ0n) is 18.8. The van der Waals surface area contributed by atoms with Gasteiger partial charge in [0.25, 0.3) is 0 Å². The first-order valence-corrected chi connectivity index (χ1v) is 12.5. The van der Waals surface area contributed by atoms with Gasteiger partial charge >= 0.3 is 6.18 Å². The minimum atomic E-state index is -4.87. The van der Waals surface area contributed by atoms with Crippen LogP contribution in [0.3, 0.4) is 0 Å². The van der Waals surface area contributed by atoms with Crippen LogP contribution in [0, 0.1) is 5.92 Å². The highest BCUT2D eigenvalue weighted by Crippen LogP contribution is 2.52. The Morgan fingerprint density at radius 2 is 1.83 bits per heavy atom. The molecule has 0 saturated carbocycles. The number of alkyl halides is 3. The Bertz CT molecular complexity index is 1490. The third-order valence-corrected chi connectivity index (χ3v) is 8.31. The van der Waals surface area contributed by atoms with E-state index in [1.165, 1.54) is 18.2 Å². The molecule has 0 fully saturated rings. The number of rotatable bonds is 4. The number of ether oxygens (including phenoxy) is 2. The van der Waals surface area contributed by atoms with Crippen LogP contribution in [-0.4, -0.2) is 20.5 Å². The van der Waals surface area contributed by atoms with Crippen LogP contribution in [0.15, 0.2) is 71.6 Å². The summed E-state index contributed by atoms with van der Waals surface area (Å²) in [5.74, 6) is -0.543. The summed E-state index contributed by atoms with van der Waals surface area (Å²) >= 11 is 0. The second kappa shape index (κ2) is 8.65. The fourth-order valence-electron chi connectivity index (χ4n) is 4.75. The molecular formula is C24H19F3N4O4S. The molecule has 186 valence electrons. The van der Waals surface area contributed by atoms with Gasteiger partial charge in [-0.1, -0.05) is 55.5 Å². The molecule has 0 spiro atoms. The van der Waals surface area contributed by atoms with Crippen molar-refractivity contribution in [3.8, 4) is 11.5 Å². The smallest absolute Gasteiger partial charge is 0.418 e. The number of fused-ring (bicyclic) bond motifs is 2.